The first-order chi connectivity index (χ1) is 18.4. The number of phenolic OH excluding ortho intramolecular Hbond substituents is 2. The zero-order valence-electron chi connectivity index (χ0n) is 22.5. The number of carbonyl (C=O) groups excluding carboxylic acids is 3. The van der Waals surface area contributed by atoms with Crippen LogP contribution in [0.2, 0.25) is 0 Å². The van der Waals surface area contributed by atoms with Crippen molar-refractivity contribution >= 4 is 17.8 Å². The molecule has 0 spiro atoms. The van der Waals surface area contributed by atoms with E-state index in [1.54, 1.807) is 24.3 Å². The van der Waals surface area contributed by atoms with Gasteiger partial charge >= 0.3 is 5.97 Å². The van der Waals surface area contributed by atoms with Gasteiger partial charge in [-0.2, -0.15) is 0 Å². The molecule has 1 aliphatic rings. The first-order valence-electron chi connectivity index (χ1n) is 12.9. The van der Waals surface area contributed by atoms with Crippen LogP contribution in [-0.4, -0.2) is 82.4 Å². The molecular formula is C28H38N4O7. The summed E-state index contributed by atoms with van der Waals surface area (Å²) in [6, 6.07) is 6.21. The zero-order valence-corrected chi connectivity index (χ0v) is 22.5. The number of hydrogen-bond donors (Lipinski definition) is 6. The van der Waals surface area contributed by atoms with E-state index in [1.807, 2.05) is 13.8 Å². The van der Waals surface area contributed by atoms with Crippen LogP contribution in [0.25, 0.3) is 11.1 Å². The number of likely N-dealkylation sites (N-methyl/N-ethyl adjacent to an activating group) is 1. The summed E-state index contributed by atoms with van der Waals surface area (Å²) in [7, 11) is 1.40. The fourth-order valence-electron chi connectivity index (χ4n) is 4.39. The molecule has 2 amide bonds. The molecule has 1 unspecified atom stereocenters. The number of aliphatic hydroxyl groups is 1. The van der Waals surface area contributed by atoms with Gasteiger partial charge in [0, 0.05) is 32.9 Å². The number of hydrogen-bond acceptors (Lipinski definition) is 9. The van der Waals surface area contributed by atoms with Gasteiger partial charge in [0.1, 0.15) is 23.6 Å². The average molecular weight is 543 g/mol. The molecule has 11 heteroatoms. The summed E-state index contributed by atoms with van der Waals surface area (Å²) < 4.78 is 5.47. The maximum atomic E-state index is 13.7. The number of nitrogens with zero attached hydrogens (tertiary/aromatic N) is 1. The van der Waals surface area contributed by atoms with Crippen LogP contribution in [0, 0.1) is 5.92 Å². The van der Waals surface area contributed by atoms with Crippen LogP contribution in [0.5, 0.6) is 11.5 Å². The Morgan fingerprint density at radius 3 is 2.18 bits per heavy atom. The van der Waals surface area contributed by atoms with Gasteiger partial charge in [0.05, 0.1) is 18.8 Å². The predicted octanol–water partition coefficient (Wildman–Crippen LogP) is 0.411. The molecule has 2 aromatic rings. The van der Waals surface area contributed by atoms with Crippen molar-refractivity contribution < 1.29 is 34.4 Å². The van der Waals surface area contributed by atoms with E-state index in [2.05, 4.69) is 5.32 Å². The first-order valence-corrected chi connectivity index (χ1v) is 12.9. The predicted molar refractivity (Wildman–Crippen MR) is 145 cm³/mol. The third-order valence-electron chi connectivity index (χ3n) is 6.72. The molecule has 2 aromatic carbocycles. The Labute approximate surface area is 227 Å². The Bertz CT molecular complexity index is 1200. The second-order valence-corrected chi connectivity index (χ2v) is 10.4. The zero-order chi connectivity index (χ0) is 28.9. The number of aromatic hydroxyl groups is 2. The van der Waals surface area contributed by atoms with Crippen molar-refractivity contribution in [3.8, 4) is 22.6 Å². The number of esters is 1. The smallest absolute Gasteiger partial charge is 0.329 e. The minimum atomic E-state index is -1.25. The van der Waals surface area contributed by atoms with Gasteiger partial charge in [0.25, 0.3) is 0 Å². The summed E-state index contributed by atoms with van der Waals surface area (Å²) in [6.07, 6.45) is -1.44. The Hall–Kier alpha value is -3.67. The number of carbonyl (C=O) groups is 3. The molecule has 0 aliphatic carbocycles. The Morgan fingerprint density at radius 2 is 1.64 bits per heavy atom. The van der Waals surface area contributed by atoms with Crippen LogP contribution in [0.1, 0.15) is 31.4 Å². The number of nitrogens with one attached hydrogen (secondary N) is 1. The molecule has 8 N–H and O–H groups in total. The van der Waals surface area contributed by atoms with Gasteiger partial charge in [-0.1, -0.05) is 26.0 Å². The number of aliphatic hydroxyl groups excluding tert-OH is 1. The van der Waals surface area contributed by atoms with Crippen LogP contribution in [-0.2, 0) is 32.0 Å². The van der Waals surface area contributed by atoms with Gasteiger partial charge in [0.2, 0.25) is 11.8 Å². The number of fused-ring (bicyclic) bond motifs is 5. The van der Waals surface area contributed by atoms with Gasteiger partial charge in [-0.3, -0.25) is 9.59 Å². The highest BCUT2D eigenvalue weighted by atomic mass is 16.5. The van der Waals surface area contributed by atoms with Gasteiger partial charge in [0.15, 0.2) is 0 Å². The lowest BCUT2D eigenvalue weighted by Crippen LogP contribution is -2.56. The molecule has 0 saturated carbocycles. The van der Waals surface area contributed by atoms with E-state index in [4.69, 9.17) is 16.2 Å². The summed E-state index contributed by atoms with van der Waals surface area (Å²) in [5.41, 5.74) is 13.9. The molecule has 3 rings (SSSR count). The topological polar surface area (TPSA) is 188 Å². The Balaban J connectivity index is 2.14. The monoisotopic (exact) mass is 542 g/mol. The number of benzene rings is 2. The molecule has 0 saturated heterocycles. The average Bonchev–Trinajstić information content (AvgIpc) is 2.90. The van der Waals surface area contributed by atoms with E-state index in [0.29, 0.717) is 22.3 Å². The third kappa shape index (κ3) is 7.47. The number of phenols is 2. The molecule has 0 aromatic heterocycles. The molecule has 1 heterocycles. The lowest BCUT2D eigenvalue weighted by Gasteiger charge is -2.32. The molecule has 1 aliphatic heterocycles. The summed E-state index contributed by atoms with van der Waals surface area (Å²) in [5, 5.41) is 33.9. The Kier molecular flexibility index (Phi) is 9.90. The van der Waals surface area contributed by atoms with Crippen molar-refractivity contribution in [1.82, 2.24) is 10.2 Å². The van der Waals surface area contributed by atoms with Crippen LogP contribution < -0.4 is 16.8 Å². The minimum Gasteiger partial charge on any atom is -0.508 e. The minimum absolute atomic E-state index is 0.0310. The molecule has 0 fully saturated rings. The largest absolute Gasteiger partial charge is 0.508 e. The van der Waals surface area contributed by atoms with E-state index in [-0.39, 0.29) is 49.8 Å². The molecular weight excluding hydrogens is 504 g/mol. The highest BCUT2D eigenvalue weighted by Gasteiger charge is 2.35. The van der Waals surface area contributed by atoms with E-state index in [9.17, 15) is 29.7 Å². The van der Waals surface area contributed by atoms with Crippen LogP contribution >= 0.6 is 0 Å². The Morgan fingerprint density at radius 1 is 1.08 bits per heavy atom. The standard InChI is InChI=1S/C28H38N4O7/c1-15(2)14-39-28(38)23-11-19-9-17(5-7-25(19)35)16-4-6-24(34)18(8-16)10-21(30)26(36)31-22(12-20(33)13-29)27(37)32(23)3/h4-9,15,20-23,33-35H,10-14,29-30H2,1-3H3,(H,31,36)/t20?,21-,22-,23-/m0/s1. The maximum Gasteiger partial charge on any atom is 0.329 e. The molecule has 11 nitrogen and oxygen atoms in total. The van der Waals surface area contributed by atoms with Crippen LogP contribution in [0.3, 0.4) is 0 Å². The number of nitrogens with two attached hydrogens (primary N) is 2. The molecule has 212 valence electrons. The van der Waals surface area contributed by atoms with E-state index >= 15 is 0 Å². The fourth-order valence-corrected chi connectivity index (χ4v) is 4.39. The third-order valence-corrected chi connectivity index (χ3v) is 6.72. The van der Waals surface area contributed by atoms with E-state index in [0.717, 1.165) is 4.90 Å². The summed E-state index contributed by atoms with van der Waals surface area (Å²) in [5.74, 6) is -2.10. The normalized spacial score (nSPS) is 21.1. The van der Waals surface area contributed by atoms with Gasteiger partial charge < -0.3 is 41.7 Å². The van der Waals surface area contributed by atoms with Gasteiger partial charge in [-0.05, 0) is 52.4 Å². The molecule has 4 atom stereocenters. The lowest BCUT2D eigenvalue weighted by atomic mass is 9.95. The van der Waals surface area contributed by atoms with Gasteiger partial charge in [-0.25, -0.2) is 4.79 Å². The lowest BCUT2D eigenvalue weighted by molar-refractivity contribution is -0.156. The number of amides is 2. The van der Waals surface area contributed by atoms with E-state index < -0.39 is 42.0 Å². The van der Waals surface area contributed by atoms with Crippen LogP contribution in [0.15, 0.2) is 36.4 Å². The van der Waals surface area contributed by atoms with Gasteiger partial charge in [-0.15, -0.1) is 0 Å². The first kappa shape index (κ1) is 29.9. The SMILES string of the molecule is CC(C)COC(=O)[C@@H]1Cc2cc(ccc2O)-c2ccc(O)c(c2)C[C@H](N)C(=O)N[C@@H](CC(O)CN)C(=O)N1C. The maximum absolute atomic E-state index is 13.7. The highest BCUT2D eigenvalue weighted by Crippen LogP contribution is 2.31. The van der Waals surface area contributed by atoms with Crippen molar-refractivity contribution in [3.63, 3.8) is 0 Å². The summed E-state index contributed by atoms with van der Waals surface area (Å²) in [4.78, 5) is 41.1. The fraction of sp³-hybridized carbons (Fsp3) is 0.464. The summed E-state index contributed by atoms with van der Waals surface area (Å²) >= 11 is 0. The number of rotatable bonds is 6. The molecule has 39 heavy (non-hydrogen) atoms. The van der Waals surface area contributed by atoms with E-state index in [1.165, 1.54) is 19.2 Å². The molecule has 4 bridgehead atoms. The second kappa shape index (κ2) is 12.9. The van der Waals surface area contributed by atoms with Crippen molar-refractivity contribution in [1.29, 1.82) is 0 Å². The summed E-state index contributed by atoms with van der Waals surface area (Å²) in [6.45, 7) is 3.73. The quantitative estimate of drug-likeness (QED) is 0.281. The van der Waals surface area contributed by atoms with Crippen LogP contribution in [0.4, 0.5) is 0 Å². The van der Waals surface area contributed by atoms with Crippen molar-refractivity contribution in [2.45, 2.75) is 57.3 Å². The second-order valence-electron chi connectivity index (χ2n) is 10.4. The highest BCUT2D eigenvalue weighted by molar-refractivity contribution is 5.92. The van der Waals surface area contributed by atoms with Crippen molar-refractivity contribution in [3.05, 3.63) is 47.5 Å². The van der Waals surface area contributed by atoms with Crippen molar-refractivity contribution in [2.75, 3.05) is 20.2 Å². The molecule has 0 radical (unpaired) electrons. The van der Waals surface area contributed by atoms with Crippen molar-refractivity contribution in [2.24, 2.45) is 17.4 Å². The number of ether oxygens (including phenoxy) is 1.